The van der Waals surface area contributed by atoms with Crippen LogP contribution in [-0.2, 0) is 6.54 Å². The molecule has 0 radical (unpaired) electrons. The van der Waals surface area contributed by atoms with Gasteiger partial charge in [-0.05, 0) is 17.7 Å². The number of halogens is 3. The number of rotatable bonds is 6. The number of benzene rings is 1. The third-order valence-electron chi connectivity index (χ3n) is 3.36. The van der Waals surface area contributed by atoms with Gasteiger partial charge in [0, 0.05) is 18.9 Å². The largest absolute Gasteiger partial charge is 0.573 e. The first kappa shape index (κ1) is 19.8. The fraction of sp³-hybridized carbons (Fsp3) is 0.118. The van der Waals surface area contributed by atoms with Gasteiger partial charge < -0.3 is 14.5 Å². The molecule has 0 atom stereocenters. The number of carbonyl (C=O) groups is 2. The van der Waals surface area contributed by atoms with Crippen molar-refractivity contribution < 1.29 is 31.9 Å². The number of hydrogen-bond donors (Lipinski definition) is 2. The molecular weight excluding hydrogens is 395 g/mol. The molecule has 0 unspecified atom stereocenters. The van der Waals surface area contributed by atoms with Crippen molar-refractivity contribution in [2.45, 2.75) is 12.9 Å². The number of amides is 2. The standard InChI is InChI=1S/C17H12F3N5O4/c18-17(19,20)29-11-3-1-10(2-4-11)7-23-14(26)13-9-28-16(24-13)25-15(27)12-8-21-5-6-22-12/h1-6,8-9H,7H2,(H,23,26)(H,24,25,27). The molecular formula is C17H12F3N5O4. The van der Waals surface area contributed by atoms with E-state index in [0.29, 0.717) is 5.56 Å². The van der Waals surface area contributed by atoms with Gasteiger partial charge >= 0.3 is 12.4 Å². The van der Waals surface area contributed by atoms with Crippen molar-refractivity contribution in [1.82, 2.24) is 20.3 Å². The summed E-state index contributed by atoms with van der Waals surface area (Å²) in [6.07, 6.45) is 0.258. The van der Waals surface area contributed by atoms with Crippen LogP contribution in [0.2, 0.25) is 0 Å². The van der Waals surface area contributed by atoms with Crippen LogP contribution < -0.4 is 15.4 Å². The van der Waals surface area contributed by atoms with Gasteiger partial charge in [0.25, 0.3) is 11.8 Å². The summed E-state index contributed by atoms with van der Waals surface area (Å²) >= 11 is 0. The molecule has 0 saturated carbocycles. The molecule has 12 heteroatoms. The van der Waals surface area contributed by atoms with Gasteiger partial charge in [0.15, 0.2) is 5.69 Å². The van der Waals surface area contributed by atoms with Crippen LogP contribution in [0.1, 0.15) is 26.5 Å². The first-order valence-corrected chi connectivity index (χ1v) is 7.96. The van der Waals surface area contributed by atoms with Crippen molar-refractivity contribution in [2.75, 3.05) is 5.32 Å². The normalized spacial score (nSPS) is 11.0. The van der Waals surface area contributed by atoms with Gasteiger partial charge in [0.1, 0.15) is 17.7 Å². The van der Waals surface area contributed by atoms with Crippen molar-refractivity contribution in [3.05, 3.63) is 66.1 Å². The highest BCUT2D eigenvalue weighted by Crippen LogP contribution is 2.22. The van der Waals surface area contributed by atoms with E-state index in [1.807, 2.05) is 0 Å². The van der Waals surface area contributed by atoms with E-state index < -0.39 is 18.2 Å². The lowest BCUT2D eigenvalue weighted by molar-refractivity contribution is -0.274. The second kappa shape index (κ2) is 8.37. The number of oxazole rings is 1. The summed E-state index contributed by atoms with van der Waals surface area (Å²) in [5.74, 6) is -1.59. The fourth-order valence-corrected chi connectivity index (χ4v) is 2.09. The lowest BCUT2D eigenvalue weighted by atomic mass is 10.2. The molecule has 3 rings (SSSR count). The molecule has 9 nitrogen and oxygen atoms in total. The number of ether oxygens (including phenoxy) is 1. The third kappa shape index (κ3) is 5.76. The lowest BCUT2D eigenvalue weighted by Gasteiger charge is -2.09. The summed E-state index contributed by atoms with van der Waals surface area (Å²) in [7, 11) is 0. The van der Waals surface area contributed by atoms with Gasteiger partial charge in [-0.25, -0.2) is 4.98 Å². The zero-order valence-electron chi connectivity index (χ0n) is 14.4. The summed E-state index contributed by atoms with van der Waals surface area (Å²) in [5, 5.41) is 4.85. The van der Waals surface area contributed by atoms with Crippen molar-refractivity contribution in [2.24, 2.45) is 0 Å². The maximum atomic E-state index is 12.1. The molecule has 0 bridgehead atoms. The van der Waals surface area contributed by atoms with E-state index in [-0.39, 0.29) is 29.7 Å². The van der Waals surface area contributed by atoms with Crippen molar-refractivity contribution >= 4 is 17.8 Å². The average Bonchev–Trinajstić information content (AvgIpc) is 3.15. The molecule has 2 heterocycles. The van der Waals surface area contributed by atoms with E-state index in [4.69, 9.17) is 4.42 Å². The van der Waals surface area contributed by atoms with Gasteiger partial charge in [-0.15, -0.1) is 13.2 Å². The van der Waals surface area contributed by atoms with Crippen LogP contribution in [-0.4, -0.2) is 33.1 Å². The number of carbonyl (C=O) groups excluding carboxylic acids is 2. The van der Waals surface area contributed by atoms with E-state index in [2.05, 4.69) is 30.3 Å². The maximum Gasteiger partial charge on any atom is 0.573 e. The SMILES string of the molecule is O=C(NCc1ccc(OC(F)(F)F)cc1)c1coc(NC(=O)c2cnccn2)n1. The van der Waals surface area contributed by atoms with Crippen molar-refractivity contribution in [1.29, 1.82) is 0 Å². The van der Waals surface area contributed by atoms with Gasteiger partial charge in [0.05, 0.1) is 6.20 Å². The number of aromatic nitrogens is 3. The lowest BCUT2D eigenvalue weighted by Crippen LogP contribution is -2.23. The number of hydrogen-bond acceptors (Lipinski definition) is 7. The summed E-state index contributed by atoms with van der Waals surface area (Å²) in [6, 6.07) is 4.79. The quantitative estimate of drug-likeness (QED) is 0.644. The first-order valence-electron chi connectivity index (χ1n) is 7.96. The summed E-state index contributed by atoms with van der Waals surface area (Å²) in [5.41, 5.74) is 0.471. The maximum absolute atomic E-state index is 12.1. The monoisotopic (exact) mass is 407 g/mol. The molecule has 2 aromatic heterocycles. The minimum absolute atomic E-state index is 0.0271. The van der Waals surface area contributed by atoms with Gasteiger partial charge in [-0.1, -0.05) is 12.1 Å². The highest BCUT2D eigenvalue weighted by Gasteiger charge is 2.30. The van der Waals surface area contributed by atoms with Crippen molar-refractivity contribution in [3.8, 4) is 5.75 Å². The minimum atomic E-state index is -4.77. The van der Waals surface area contributed by atoms with E-state index in [1.165, 1.54) is 30.7 Å². The molecule has 0 aliphatic carbocycles. The molecule has 2 amide bonds. The highest BCUT2D eigenvalue weighted by atomic mass is 19.4. The van der Waals surface area contributed by atoms with E-state index in [0.717, 1.165) is 18.4 Å². The minimum Gasteiger partial charge on any atom is -0.431 e. The Hall–Kier alpha value is -3.96. The van der Waals surface area contributed by atoms with Crippen LogP contribution in [0.5, 0.6) is 5.75 Å². The Morgan fingerprint density at radius 2 is 1.83 bits per heavy atom. The Balaban J connectivity index is 1.53. The molecule has 0 spiro atoms. The van der Waals surface area contributed by atoms with Crippen LogP contribution in [0.3, 0.4) is 0 Å². The van der Waals surface area contributed by atoms with Gasteiger partial charge in [-0.3, -0.25) is 19.9 Å². The van der Waals surface area contributed by atoms with Crippen LogP contribution >= 0.6 is 0 Å². The fourth-order valence-electron chi connectivity index (χ4n) is 2.09. The predicted molar refractivity (Wildman–Crippen MR) is 90.8 cm³/mol. The molecule has 3 aromatic rings. The second-order valence-electron chi connectivity index (χ2n) is 5.46. The Bertz CT molecular complexity index is 990. The Kier molecular flexibility index (Phi) is 5.71. The molecule has 29 heavy (non-hydrogen) atoms. The number of anilines is 1. The third-order valence-corrected chi connectivity index (χ3v) is 3.36. The summed E-state index contributed by atoms with van der Waals surface area (Å²) < 4.78 is 45.2. The second-order valence-corrected chi connectivity index (χ2v) is 5.46. The summed E-state index contributed by atoms with van der Waals surface area (Å²) in [4.78, 5) is 35.4. The zero-order chi connectivity index (χ0) is 20.9. The molecule has 0 fully saturated rings. The number of nitrogens with zero attached hydrogens (tertiary/aromatic N) is 3. The van der Waals surface area contributed by atoms with Gasteiger partial charge in [-0.2, -0.15) is 4.98 Å². The Morgan fingerprint density at radius 1 is 1.07 bits per heavy atom. The van der Waals surface area contributed by atoms with Crippen molar-refractivity contribution in [3.63, 3.8) is 0 Å². The van der Waals surface area contributed by atoms with Crippen LogP contribution in [0, 0.1) is 0 Å². The molecule has 150 valence electrons. The van der Waals surface area contributed by atoms with E-state index >= 15 is 0 Å². The van der Waals surface area contributed by atoms with Crippen LogP contribution in [0.15, 0.2) is 53.5 Å². The molecule has 0 aliphatic rings. The summed E-state index contributed by atoms with van der Waals surface area (Å²) in [6.45, 7) is 0.0271. The topological polar surface area (TPSA) is 119 Å². The first-order chi connectivity index (χ1) is 13.8. The average molecular weight is 407 g/mol. The van der Waals surface area contributed by atoms with E-state index in [9.17, 15) is 22.8 Å². The van der Waals surface area contributed by atoms with E-state index in [1.54, 1.807) is 0 Å². The number of nitrogens with one attached hydrogen (secondary N) is 2. The van der Waals surface area contributed by atoms with Crippen LogP contribution in [0.25, 0.3) is 0 Å². The molecule has 1 aromatic carbocycles. The highest BCUT2D eigenvalue weighted by molar-refractivity contribution is 6.01. The molecule has 0 saturated heterocycles. The molecule has 0 aliphatic heterocycles. The predicted octanol–water partition coefficient (Wildman–Crippen LogP) is 2.55. The Labute approximate surface area is 160 Å². The van der Waals surface area contributed by atoms with Crippen LogP contribution in [0.4, 0.5) is 19.2 Å². The molecule has 2 N–H and O–H groups in total. The Morgan fingerprint density at radius 3 is 2.48 bits per heavy atom. The smallest absolute Gasteiger partial charge is 0.431 e. The van der Waals surface area contributed by atoms with Gasteiger partial charge in [0.2, 0.25) is 0 Å². The number of alkyl halides is 3. The zero-order valence-corrected chi connectivity index (χ0v) is 14.4.